The molecule has 1 saturated carbocycles. The second-order valence-electron chi connectivity index (χ2n) is 6.89. The fraction of sp³-hybridized carbons (Fsp3) is 0.941. The highest BCUT2D eigenvalue weighted by Crippen LogP contribution is 2.47. The van der Waals surface area contributed by atoms with Gasteiger partial charge in [-0.05, 0) is 50.4 Å². The van der Waals surface area contributed by atoms with Crippen LogP contribution < -0.4 is 5.32 Å². The van der Waals surface area contributed by atoms with Crippen LogP contribution in [0, 0.1) is 11.3 Å². The van der Waals surface area contributed by atoms with Crippen molar-refractivity contribution in [1.29, 1.82) is 0 Å². The Bertz CT molecular complexity index is 339. The Kier molecular flexibility index (Phi) is 9.05. The summed E-state index contributed by atoms with van der Waals surface area (Å²) in [6.45, 7) is 8.76. The zero-order valence-electron chi connectivity index (χ0n) is 14.3. The van der Waals surface area contributed by atoms with E-state index >= 15 is 0 Å². The van der Waals surface area contributed by atoms with Gasteiger partial charge < -0.3 is 15.3 Å². The molecule has 1 unspecified atom stereocenters. The quantitative estimate of drug-likeness (QED) is 0.376. The second-order valence-corrected chi connectivity index (χ2v) is 6.89. The van der Waals surface area contributed by atoms with Gasteiger partial charge in [-0.25, -0.2) is 0 Å². The minimum Gasteiger partial charge on any atom is -0.396 e. The van der Waals surface area contributed by atoms with E-state index in [1.807, 2.05) is 0 Å². The van der Waals surface area contributed by atoms with Crippen LogP contribution >= 0.6 is 24.0 Å². The Hall–Kier alpha value is -0.0400. The Morgan fingerprint density at radius 2 is 2.05 bits per heavy atom. The summed E-state index contributed by atoms with van der Waals surface area (Å²) in [5, 5.41) is 12.6. The van der Waals surface area contributed by atoms with Crippen molar-refractivity contribution in [2.75, 3.05) is 32.8 Å². The summed E-state index contributed by atoms with van der Waals surface area (Å²) in [4.78, 5) is 7.34. The Labute approximate surface area is 153 Å². The Balaban J connectivity index is 0.00000242. The largest absolute Gasteiger partial charge is 0.396 e. The van der Waals surface area contributed by atoms with Crippen molar-refractivity contribution in [3.05, 3.63) is 0 Å². The summed E-state index contributed by atoms with van der Waals surface area (Å²) in [6.07, 6.45) is 8.78. The topological polar surface area (TPSA) is 47.9 Å². The molecule has 2 rings (SSSR count). The fourth-order valence-electron chi connectivity index (χ4n) is 3.76. The number of aliphatic hydroxyl groups excluding tert-OH is 1. The molecule has 130 valence electrons. The third-order valence-electron chi connectivity index (χ3n) is 5.22. The minimum absolute atomic E-state index is 0. The summed E-state index contributed by atoms with van der Waals surface area (Å²) in [5.41, 5.74) is 0.615. The molecule has 1 atom stereocenters. The Morgan fingerprint density at radius 3 is 2.55 bits per heavy atom. The molecule has 1 aliphatic heterocycles. The number of hydrogen-bond donors (Lipinski definition) is 2. The van der Waals surface area contributed by atoms with Gasteiger partial charge >= 0.3 is 0 Å². The molecule has 2 fully saturated rings. The van der Waals surface area contributed by atoms with Gasteiger partial charge in [0, 0.05) is 32.8 Å². The summed E-state index contributed by atoms with van der Waals surface area (Å²) in [5.74, 6) is 1.62. The average molecular weight is 423 g/mol. The van der Waals surface area contributed by atoms with Gasteiger partial charge in [0.25, 0.3) is 0 Å². The number of guanidine groups is 1. The average Bonchev–Trinajstić information content (AvgIpc) is 2.89. The first-order valence-corrected chi connectivity index (χ1v) is 8.87. The van der Waals surface area contributed by atoms with Gasteiger partial charge in [-0.2, -0.15) is 0 Å². The highest BCUT2D eigenvalue weighted by molar-refractivity contribution is 14.0. The van der Waals surface area contributed by atoms with Crippen LogP contribution in [0.2, 0.25) is 0 Å². The predicted molar refractivity (Wildman–Crippen MR) is 104 cm³/mol. The van der Waals surface area contributed by atoms with Crippen LogP contribution in [0.3, 0.4) is 0 Å². The van der Waals surface area contributed by atoms with E-state index in [1.54, 1.807) is 0 Å². The number of likely N-dealkylation sites (tertiary alicyclic amines) is 1. The smallest absolute Gasteiger partial charge is 0.193 e. The molecule has 0 aromatic carbocycles. The lowest BCUT2D eigenvalue weighted by atomic mass is 9.68. The first-order valence-electron chi connectivity index (χ1n) is 8.87. The van der Waals surface area contributed by atoms with E-state index in [2.05, 4.69) is 24.1 Å². The lowest BCUT2D eigenvalue weighted by molar-refractivity contribution is 0.151. The van der Waals surface area contributed by atoms with E-state index in [1.165, 1.54) is 38.6 Å². The highest BCUT2D eigenvalue weighted by atomic mass is 127. The van der Waals surface area contributed by atoms with Crippen LogP contribution in [-0.2, 0) is 0 Å². The number of rotatable bonds is 7. The highest BCUT2D eigenvalue weighted by Gasteiger charge is 2.43. The standard InChI is InChI=1S/C17H33N3O.HI/c1-3-6-15(7-12-21)13-19-16(18-4-2)20-11-10-17(14-20)8-5-9-17;/h15,21H,3-14H2,1-2H3,(H,18,19);1H. The van der Waals surface area contributed by atoms with Crippen LogP contribution in [0.4, 0.5) is 0 Å². The van der Waals surface area contributed by atoms with Crippen LogP contribution in [-0.4, -0.2) is 48.8 Å². The molecule has 1 spiro atoms. The monoisotopic (exact) mass is 423 g/mol. The molecule has 22 heavy (non-hydrogen) atoms. The van der Waals surface area contributed by atoms with Crippen LogP contribution in [0.15, 0.2) is 4.99 Å². The maximum atomic E-state index is 9.18. The zero-order chi connectivity index (χ0) is 15.1. The number of hydrogen-bond acceptors (Lipinski definition) is 2. The lowest BCUT2D eigenvalue weighted by Crippen LogP contribution is -2.42. The molecule has 5 heteroatoms. The Morgan fingerprint density at radius 1 is 1.27 bits per heavy atom. The number of aliphatic hydroxyl groups is 1. The van der Waals surface area contributed by atoms with Crippen molar-refractivity contribution < 1.29 is 5.11 Å². The minimum atomic E-state index is 0. The molecular formula is C17H34IN3O. The maximum Gasteiger partial charge on any atom is 0.193 e. The van der Waals surface area contributed by atoms with Crippen molar-refractivity contribution in [1.82, 2.24) is 10.2 Å². The van der Waals surface area contributed by atoms with Crippen molar-refractivity contribution in [3.63, 3.8) is 0 Å². The first-order chi connectivity index (χ1) is 10.2. The summed E-state index contributed by atoms with van der Waals surface area (Å²) in [7, 11) is 0. The second kappa shape index (κ2) is 9.96. The molecule has 0 radical (unpaired) electrons. The predicted octanol–water partition coefficient (Wildman–Crippen LogP) is 3.24. The molecule has 2 aliphatic rings. The van der Waals surface area contributed by atoms with Gasteiger partial charge in [-0.3, -0.25) is 4.99 Å². The summed E-state index contributed by atoms with van der Waals surface area (Å²) < 4.78 is 0. The lowest BCUT2D eigenvalue weighted by Gasteiger charge is -2.38. The van der Waals surface area contributed by atoms with Crippen molar-refractivity contribution in [2.24, 2.45) is 16.3 Å². The molecule has 0 bridgehead atoms. The van der Waals surface area contributed by atoms with E-state index in [0.29, 0.717) is 11.3 Å². The van der Waals surface area contributed by atoms with Gasteiger partial charge in [0.15, 0.2) is 5.96 Å². The normalized spacial score (nSPS) is 21.4. The van der Waals surface area contributed by atoms with Gasteiger partial charge in [-0.1, -0.05) is 19.8 Å². The molecule has 0 amide bonds. The van der Waals surface area contributed by atoms with Gasteiger partial charge in [-0.15, -0.1) is 24.0 Å². The molecule has 0 aromatic heterocycles. The SMILES string of the molecule is CCCC(CCO)CN=C(NCC)N1CCC2(CCC2)C1.I. The van der Waals surface area contributed by atoms with E-state index in [0.717, 1.165) is 38.4 Å². The van der Waals surface area contributed by atoms with E-state index in [-0.39, 0.29) is 30.6 Å². The van der Waals surface area contributed by atoms with E-state index in [4.69, 9.17) is 4.99 Å². The van der Waals surface area contributed by atoms with Gasteiger partial charge in [0.05, 0.1) is 0 Å². The summed E-state index contributed by atoms with van der Waals surface area (Å²) >= 11 is 0. The van der Waals surface area contributed by atoms with Crippen molar-refractivity contribution in [2.45, 2.75) is 58.8 Å². The molecule has 0 aromatic rings. The van der Waals surface area contributed by atoms with Gasteiger partial charge in [0.2, 0.25) is 0 Å². The number of nitrogens with zero attached hydrogens (tertiary/aromatic N) is 2. The molecule has 1 saturated heterocycles. The van der Waals surface area contributed by atoms with Crippen molar-refractivity contribution >= 4 is 29.9 Å². The third kappa shape index (κ3) is 5.25. The molecule has 1 aliphatic carbocycles. The number of halogens is 1. The summed E-state index contributed by atoms with van der Waals surface area (Å²) in [6, 6.07) is 0. The fourth-order valence-corrected chi connectivity index (χ4v) is 3.76. The number of nitrogens with one attached hydrogen (secondary N) is 1. The van der Waals surface area contributed by atoms with Gasteiger partial charge in [0.1, 0.15) is 0 Å². The molecular weight excluding hydrogens is 389 g/mol. The van der Waals surface area contributed by atoms with Crippen molar-refractivity contribution in [3.8, 4) is 0 Å². The molecule has 2 N–H and O–H groups in total. The van der Waals surface area contributed by atoms with Crippen LogP contribution in [0.25, 0.3) is 0 Å². The molecule has 4 nitrogen and oxygen atoms in total. The zero-order valence-corrected chi connectivity index (χ0v) is 16.6. The van der Waals surface area contributed by atoms with E-state index in [9.17, 15) is 5.11 Å². The maximum absolute atomic E-state index is 9.18. The van der Waals surface area contributed by atoms with E-state index < -0.39 is 0 Å². The number of aliphatic imine (C=N–C) groups is 1. The third-order valence-corrected chi connectivity index (χ3v) is 5.22. The molecule has 1 heterocycles. The van der Waals surface area contributed by atoms with Crippen LogP contribution in [0.5, 0.6) is 0 Å². The first kappa shape index (κ1) is 20.0. The van der Waals surface area contributed by atoms with Crippen LogP contribution in [0.1, 0.15) is 58.8 Å².